The Hall–Kier alpha value is -2.30. The highest BCUT2D eigenvalue weighted by Gasteiger charge is 2.07. The predicted molar refractivity (Wildman–Crippen MR) is 70.6 cm³/mol. The summed E-state index contributed by atoms with van der Waals surface area (Å²) in [6.45, 7) is 2.56. The fourth-order valence-electron chi connectivity index (χ4n) is 1.83. The number of hydrogen-bond donors (Lipinski definition) is 1. The van der Waals surface area contributed by atoms with E-state index in [1.807, 2.05) is 36.9 Å². The Labute approximate surface area is 105 Å². The highest BCUT2D eigenvalue weighted by Crippen LogP contribution is 2.21. The fourth-order valence-corrected chi connectivity index (χ4v) is 1.83. The molecule has 0 radical (unpaired) electrons. The molecule has 0 amide bonds. The minimum atomic E-state index is -0.381. The van der Waals surface area contributed by atoms with Crippen LogP contribution in [0.15, 0.2) is 36.5 Å². The molecular formula is C13H15N3O2. The maximum Gasteiger partial charge on any atom is 0.269 e. The molecule has 0 saturated carbocycles. The number of anilines is 1. The molecule has 18 heavy (non-hydrogen) atoms. The van der Waals surface area contributed by atoms with Gasteiger partial charge in [0.15, 0.2) is 0 Å². The fraction of sp³-hybridized carbons (Fsp3) is 0.231. The molecule has 1 N–H and O–H groups in total. The zero-order valence-corrected chi connectivity index (χ0v) is 10.4. The van der Waals surface area contributed by atoms with E-state index >= 15 is 0 Å². The first-order valence-electron chi connectivity index (χ1n) is 5.67. The molecule has 94 valence electrons. The monoisotopic (exact) mass is 245 g/mol. The molecule has 2 rings (SSSR count). The molecule has 5 heteroatoms. The van der Waals surface area contributed by atoms with Crippen LogP contribution in [-0.2, 0) is 13.6 Å². The quantitative estimate of drug-likeness (QED) is 0.665. The van der Waals surface area contributed by atoms with Crippen molar-refractivity contribution < 1.29 is 4.92 Å². The van der Waals surface area contributed by atoms with E-state index in [4.69, 9.17) is 0 Å². The Morgan fingerprint density at radius 2 is 2.17 bits per heavy atom. The van der Waals surface area contributed by atoms with Crippen LogP contribution in [0, 0.1) is 17.0 Å². The Morgan fingerprint density at radius 3 is 2.72 bits per heavy atom. The third-order valence-corrected chi connectivity index (χ3v) is 2.93. The summed E-state index contributed by atoms with van der Waals surface area (Å²) in [5, 5.41) is 13.9. The largest absolute Gasteiger partial charge is 0.379 e. The second-order valence-electron chi connectivity index (χ2n) is 4.22. The van der Waals surface area contributed by atoms with Gasteiger partial charge in [-0.3, -0.25) is 10.1 Å². The van der Waals surface area contributed by atoms with Gasteiger partial charge in [-0.1, -0.05) is 0 Å². The van der Waals surface area contributed by atoms with Crippen molar-refractivity contribution in [3.05, 3.63) is 57.9 Å². The number of hydrogen-bond acceptors (Lipinski definition) is 3. The summed E-state index contributed by atoms with van der Waals surface area (Å²) in [7, 11) is 1.99. The van der Waals surface area contributed by atoms with Gasteiger partial charge in [0.1, 0.15) is 0 Å². The molecule has 0 fully saturated rings. The van der Waals surface area contributed by atoms with Crippen LogP contribution in [0.3, 0.4) is 0 Å². The number of nitro benzene ring substituents is 1. The van der Waals surface area contributed by atoms with Crippen LogP contribution in [0.4, 0.5) is 11.4 Å². The van der Waals surface area contributed by atoms with Gasteiger partial charge in [0.25, 0.3) is 5.69 Å². The zero-order valence-electron chi connectivity index (χ0n) is 10.4. The van der Waals surface area contributed by atoms with Crippen molar-refractivity contribution in [2.45, 2.75) is 13.5 Å². The minimum Gasteiger partial charge on any atom is -0.379 e. The summed E-state index contributed by atoms with van der Waals surface area (Å²) >= 11 is 0. The van der Waals surface area contributed by atoms with Gasteiger partial charge >= 0.3 is 0 Å². The lowest BCUT2D eigenvalue weighted by molar-refractivity contribution is -0.384. The minimum absolute atomic E-state index is 0.122. The van der Waals surface area contributed by atoms with E-state index in [1.54, 1.807) is 12.1 Å². The lowest BCUT2D eigenvalue weighted by Crippen LogP contribution is -2.05. The van der Waals surface area contributed by atoms with E-state index in [-0.39, 0.29) is 10.6 Å². The number of nitro groups is 1. The second kappa shape index (κ2) is 4.91. The number of benzene rings is 1. The summed E-state index contributed by atoms with van der Waals surface area (Å²) in [5.41, 5.74) is 3.07. The van der Waals surface area contributed by atoms with Crippen LogP contribution >= 0.6 is 0 Å². The van der Waals surface area contributed by atoms with E-state index < -0.39 is 0 Å². The number of aryl methyl sites for hydroxylation is 2. The van der Waals surface area contributed by atoms with Crippen LogP contribution in [-0.4, -0.2) is 9.49 Å². The number of nitrogens with zero attached hydrogens (tertiary/aromatic N) is 2. The van der Waals surface area contributed by atoms with Crippen LogP contribution in [0.5, 0.6) is 0 Å². The summed E-state index contributed by atoms with van der Waals surface area (Å²) in [4.78, 5) is 10.3. The van der Waals surface area contributed by atoms with Crippen molar-refractivity contribution in [1.82, 2.24) is 4.57 Å². The van der Waals surface area contributed by atoms with E-state index in [0.717, 1.165) is 16.9 Å². The second-order valence-corrected chi connectivity index (χ2v) is 4.22. The van der Waals surface area contributed by atoms with Gasteiger partial charge in [-0.2, -0.15) is 0 Å². The average molecular weight is 245 g/mol. The van der Waals surface area contributed by atoms with Gasteiger partial charge in [-0.15, -0.1) is 0 Å². The number of nitrogens with one attached hydrogen (secondary N) is 1. The SMILES string of the molecule is Cc1cc([N+](=O)[O-])ccc1NCc1cccn1C. The molecule has 0 atom stereocenters. The maximum absolute atomic E-state index is 10.6. The standard InChI is InChI=1S/C13H15N3O2/c1-10-8-11(16(17)18)5-6-13(10)14-9-12-4-3-7-15(12)2/h3-8,14H,9H2,1-2H3. The van der Waals surface area contributed by atoms with Crippen molar-refractivity contribution >= 4 is 11.4 Å². The van der Waals surface area contributed by atoms with Gasteiger partial charge in [0.2, 0.25) is 0 Å². The molecule has 1 heterocycles. The normalized spacial score (nSPS) is 10.3. The van der Waals surface area contributed by atoms with Crippen LogP contribution in [0.25, 0.3) is 0 Å². The molecular weight excluding hydrogens is 230 g/mol. The Morgan fingerprint density at radius 1 is 1.39 bits per heavy atom. The molecule has 0 bridgehead atoms. The molecule has 0 aliphatic carbocycles. The molecule has 0 unspecified atom stereocenters. The smallest absolute Gasteiger partial charge is 0.269 e. The van der Waals surface area contributed by atoms with E-state index in [0.29, 0.717) is 6.54 Å². The Balaban J connectivity index is 2.11. The zero-order chi connectivity index (χ0) is 13.1. The summed E-state index contributed by atoms with van der Waals surface area (Å²) < 4.78 is 2.04. The first-order valence-corrected chi connectivity index (χ1v) is 5.67. The van der Waals surface area contributed by atoms with Gasteiger partial charge in [0.05, 0.1) is 11.5 Å². The molecule has 0 aliphatic heterocycles. The van der Waals surface area contributed by atoms with Crippen LogP contribution in [0.2, 0.25) is 0 Å². The van der Waals surface area contributed by atoms with Gasteiger partial charge in [0, 0.05) is 36.8 Å². The van der Waals surface area contributed by atoms with Crippen molar-refractivity contribution in [1.29, 1.82) is 0 Å². The van der Waals surface area contributed by atoms with Crippen molar-refractivity contribution in [2.24, 2.45) is 7.05 Å². The first kappa shape index (κ1) is 12.2. The third-order valence-electron chi connectivity index (χ3n) is 2.93. The number of rotatable bonds is 4. The number of aromatic nitrogens is 1. The van der Waals surface area contributed by atoms with Crippen LogP contribution < -0.4 is 5.32 Å². The van der Waals surface area contributed by atoms with Gasteiger partial charge in [-0.05, 0) is 30.7 Å². The Kier molecular flexibility index (Phi) is 3.32. The maximum atomic E-state index is 10.6. The summed E-state index contributed by atoms with van der Waals surface area (Å²) in [6, 6.07) is 8.86. The highest BCUT2D eigenvalue weighted by atomic mass is 16.6. The predicted octanol–water partition coefficient (Wildman–Crippen LogP) is 2.85. The molecule has 0 spiro atoms. The third kappa shape index (κ3) is 2.51. The summed E-state index contributed by atoms with van der Waals surface area (Å²) in [6.07, 6.45) is 1.99. The topological polar surface area (TPSA) is 60.1 Å². The van der Waals surface area contributed by atoms with Gasteiger partial charge in [-0.25, -0.2) is 0 Å². The van der Waals surface area contributed by atoms with Crippen molar-refractivity contribution in [3.8, 4) is 0 Å². The molecule has 0 aliphatic rings. The average Bonchev–Trinajstić information content (AvgIpc) is 2.73. The molecule has 5 nitrogen and oxygen atoms in total. The van der Waals surface area contributed by atoms with Crippen LogP contribution in [0.1, 0.15) is 11.3 Å². The highest BCUT2D eigenvalue weighted by molar-refractivity contribution is 5.55. The summed E-state index contributed by atoms with van der Waals surface area (Å²) in [5.74, 6) is 0. The van der Waals surface area contributed by atoms with Crippen molar-refractivity contribution in [2.75, 3.05) is 5.32 Å². The lowest BCUT2D eigenvalue weighted by Gasteiger charge is -2.10. The molecule has 1 aromatic carbocycles. The number of non-ortho nitro benzene ring substituents is 1. The molecule has 2 aromatic rings. The Bertz CT molecular complexity index is 575. The van der Waals surface area contributed by atoms with Crippen molar-refractivity contribution in [3.63, 3.8) is 0 Å². The first-order chi connectivity index (χ1) is 8.58. The van der Waals surface area contributed by atoms with E-state index in [2.05, 4.69) is 5.32 Å². The molecule has 0 saturated heterocycles. The lowest BCUT2D eigenvalue weighted by atomic mass is 10.2. The molecule has 1 aromatic heterocycles. The van der Waals surface area contributed by atoms with Gasteiger partial charge < -0.3 is 9.88 Å². The van der Waals surface area contributed by atoms with E-state index in [9.17, 15) is 10.1 Å². The van der Waals surface area contributed by atoms with E-state index in [1.165, 1.54) is 6.07 Å².